The summed E-state index contributed by atoms with van der Waals surface area (Å²) in [6, 6.07) is 11.5. The second-order valence-electron chi connectivity index (χ2n) is 6.88. The van der Waals surface area contributed by atoms with Gasteiger partial charge in [-0.05, 0) is 49.4 Å². The predicted molar refractivity (Wildman–Crippen MR) is 92.5 cm³/mol. The molecule has 3 heterocycles. The SMILES string of the molecule is O=C(C(c1ccccc1)n1cccn1)N1CC[C@@H]2CNC[C@@H]2CC1. The van der Waals surface area contributed by atoms with Crippen LogP contribution in [0.2, 0.25) is 0 Å². The van der Waals surface area contributed by atoms with Gasteiger partial charge < -0.3 is 10.2 Å². The molecular formula is C19H24N4O. The number of nitrogens with one attached hydrogen (secondary N) is 1. The van der Waals surface area contributed by atoms with Gasteiger partial charge in [-0.1, -0.05) is 30.3 Å². The standard InChI is InChI=1S/C19H24N4O/c24-19(22-11-7-16-13-20-14-17(16)8-12-22)18(23-10-4-9-21-23)15-5-2-1-3-6-15/h1-6,9-10,16-18,20H,7-8,11-14H2/t16-,17+,18?. The molecule has 24 heavy (non-hydrogen) atoms. The fourth-order valence-electron chi connectivity index (χ4n) is 4.09. The van der Waals surface area contributed by atoms with E-state index in [4.69, 9.17) is 0 Å². The van der Waals surface area contributed by atoms with E-state index in [1.54, 1.807) is 10.9 Å². The number of rotatable bonds is 3. The van der Waals surface area contributed by atoms with Crippen molar-refractivity contribution in [2.45, 2.75) is 18.9 Å². The Morgan fingerprint density at radius 2 is 1.79 bits per heavy atom. The van der Waals surface area contributed by atoms with E-state index in [2.05, 4.69) is 15.3 Å². The average molecular weight is 324 g/mol. The van der Waals surface area contributed by atoms with Gasteiger partial charge in [0.25, 0.3) is 5.91 Å². The van der Waals surface area contributed by atoms with Crippen molar-refractivity contribution in [3.05, 3.63) is 54.4 Å². The Morgan fingerprint density at radius 3 is 2.42 bits per heavy atom. The zero-order chi connectivity index (χ0) is 16.4. The molecule has 2 aliphatic heterocycles. The summed E-state index contributed by atoms with van der Waals surface area (Å²) in [7, 11) is 0. The summed E-state index contributed by atoms with van der Waals surface area (Å²) in [5, 5.41) is 7.84. The van der Waals surface area contributed by atoms with E-state index in [1.165, 1.54) is 0 Å². The van der Waals surface area contributed by atoms with Crippen LogP contribution < -0.4 is 5.32 Å². The van der Waals surface area contributed by atoms with Crippen LogP contribution in [0.15, 0.2) is 48.8 Å². The van der Waals surface area contributed by atoms with E-state index in [0.29, 0.717) is 0 Å². The molecule has 0 spiro atoms. The smallest absolute Gasteiger partial charge is 0.252 e. The van der Waals surface area contributed by atoms with Gasteiger partial charge in [-0.25, -0.2) is 0 Å². The molecule has 2 fully saturated rings. The predicted octanol–water partition coefficient (Wildman–Crippen LogP) is 1.93. The first-order valence-corrected chi connectivity index (χ1v) is 8.86. The summed E-state index contributed by atoms with van der Waals surface area (Å²) in [6.07, 6.45) is 5.82. The van der Waals surface area contributed by atoms with E-state index in [0.717, 1.165) is 56.4 Å². The van der Waals surface area contributed by atoms with Crippen LogP contribution in [0, 0.1) is 11.8 Å². The van der Waals surface area contributed by atoms with E-state index >= 15 is 0 Å². The van der Waals surface area contributed by atoms with Crippen LogP contribution in [0.4, 0.5) is 0 Å². The van der Waals surface area contributed by atoms with Crippen molar-refractivity contribution >= 4 is 5.91 Å². The van der Waals surface area contributed by atoms with Crippen LogP contribution in [-0.2, 0) is 4.79 Å². The number of nitrogens with zero attached hydrogens (tertiary/aromatic N) is 3. The summed E-state index contributed by atoms with van der Waals surface area (Å²) in [4.78, 5) is 15.4. The van der Waals surface area contributed by atoms with E-state index in [-0.39, 0.29) is 11.9 Å². The molecule has 5 heteroatoms. The number of hydrogen-bond donors (Lipinski definition) is 1. The zero-order valence-corrected chi connectivity index (χ0v) is 13.8. The lowest BCUT2D eigenvalue weighted by Gasteiger charge is -2.27. The molecule has 3 atom stereocenters. The van der Waals surface area contributed by atoms with Crippen LogP contribution >= 0.6 is 0 Å². The van der Waals surface area contributed by atoms with Gasteiger partial charge in [0, 0.05) is 25.5 Å². The highest BCUT2D eigenvalue weighted by Gasteiger charge is 2.34. The van der Waals surface area contributed by atoms with Gasteiger partial charge in [0.1, 0.15) is 0 Å². The highest BCUT2D eigenvalue weighted by Crippen LogP contribution is 2.29. The van der Waals surface area contributed by atoms with Crippen molar-refractivity contribution in [2.24, 2.45) is 11.8 Å². The lowest BCUT2D eigenvalue weighted by Crippen LogP contribution is -2.39. The summed E-state index contributed by atoms with van der Waals surface area (Å²) in [5.41, 5.74) is 0.998. The monoisotopic (exact) mass is 324 g/mol. The number of aromatic nitrogens is 2. The molecule has 0 saturated carbocycles. The van der Waals surface area contributed by atoms with E-state index in [9.17, 15) is 4.79 Å². The molecule has 1 amide bonds. The molecule has 1 unspecified atom stereocenters. The minimum atomic E-state index is -0.364. The lowest BCUT2D eigenvalue weighted by atomic mass is 9.92. The molecule has 5 nitrogen and oxygen atoms in total. The topological polar surface area (TPSA) is 50.2 Å². The maximum absolute atomic E-state index is 13.3. The number of likely N-dealkylation sites (tertiary alicyclic amines) is 1. The quantitative estimate of drug-likeness (QED) is 0.938. The fourth-order valence-corrected chi connectivity index (χ4v) is 4.09. The van der Waals surface area contributed by atoms with Crippen molar-refractivity contribution in [3.63, 3.8) is 0 Å². The van der Waals surface area contributed by atoms with Crippen molar-refractivity contribution in [3.8, 4) is 0 Å². The molecule has 4 rings (SSSR count). The van der Waals surface area contributed by atoms with E-state index < -0.39 is 0 Å². The largest absolute Gasteiger partial charge is 0.341 e. The van der Waals surface area contributed by atoms with Crippen LogP contribution in [0.25, 0.3) is 0 Å². The molecule has 1 aromatic heterocycles. The molecule has 2 aliphatic rings. The number of carbonyl (C=O) groups is 1. The molecule has 1 N–H and O–H groups in total. The summed E-state index contributed by atoms with van der Waals surface area (Å²) in [5.74, 6) is 1.61. The Labute approximate surface area is 142 Å². The number of fused-ring (bicyclic) bond motifs is 1. The van der Waals surface area contributed by atoms with Gasteiger partial charge in [0.15, 0.2) is 6.04 Å². The van der Waals surface area contributed by atoms with Crippen LogP contribution in [0.1, 0.15) is 24.4 Å². The van der Waals surface area contributed by atoms with Crippen LogP contribution in [0.3, 0.4) is 0 Å². The summed E-state index contributed by atoms with van der Waals surface area (Å²) < 4.78 is 1.78. The average Bonchev–Trinajstić information content (AvgIpc) is 3.25. The van der Waals surface area contributed by atoms with Crippen molar-refractivity contribution in [1.82, 2.24) is 20.0 Å². The third kappa shape index (κ3) is 2.96. The Balaban J connectivity index is 1.57. The van der Waals surface area contributed by atoms with Crippen molar-refractivity contribution in [2.75, 3.05) is 26.2 Å². The second-order valence-corrected chi connectivity index (χ2v) is 6.88. The normalized spacial score (nSPS) is 25.1. The summed E-state index contributed by atoms with van der Waals surface area (Å²) >= 11 is 0. The fraction of sp³-hybridized carbons (Fsp3) is 0.474. The molecule has 0 radical (unpaired) electrons. The minimum absolute atomic E-state index is 0.165. The van der Waals surface area contributed by atoms with Gasteiger partial charge >= 0.3 is 0 Å². The van der Waals surface area contributed by atoms with Crippen molar-refractivity contribution < 1.29 is 4.79 Å². The first-order chi connectivity index (χ1) is 11.8. The lowest BCUT2D eigenvalue weighted by molar-refractivity contribution is -0.133. The highest BCUT2D eigenvalue weighted by atomic mass is 16.2. The van der Waals surface area contributed by atoms with Gasteiger partial charge in [0.05, 0.1) is 0 Å². The van der Waals surface area contributed by atoms with Gasteiger partial charge in [0.2, 0.25) is 0 Å². The maximum atomic E-state index is 13.3. The Hall–Kier alpha value is -2.14. The van der Waals surface area contributed by atoms with Crippen LogP contribution in [-0.4, -0.2) is 46.8 Å². The first-order valence-electron chi connectivity index (χ1n) is 8.86. The molecule has 0 aliphatic carbocycles. The molecule has 2 aromatic rings. The number of benzene rings is 1. The highest BCUT2D eigenvalue weighted by molar-refractivity contribution is 5.83. The van der Waals surface area contributed by atoms with Crippen LogP contribution in [0.5, 0.6) is 0 Å². The molecular weight excluding hydrogens is 300 g/mol. The van der Waals surface area contributed by atoms with Gasteiger partial charge in [-0.3, -0.25) is 9.48 Å². The third-order valence-corrected chi connectivity index (χ3v) is 5.47. The molecule has 126 valence electrons. The minimum Gasteiger partial charge on any atom is -0.341 e. The van der Waals surface area contributed by atoms with Gasteiger partial charge in [-0.15, -0.1) is 0 Å². The van der Waals surface area contributed by atoms with Gasteiger partial charge in [-0.2, -0.15) is 5.10 Å². The Morgan fingerprint density at radius 1 is 1.08 bits per heavy atom. The molecule has 2 saturated heterocycles. The first kappa shape index (κ1) is 15.4. The number of amides is 1. The molecule has 0 bridgehead atoms. The third-order valence-electron chi connectivity index (χ3n) is 5.47. The van der Waals surface area contributed by atoms with E-state index in [1.807, 2.05) is 42.6 Å². The maximum Gasteiger partial charge on any atom is 0.252 e. The number of carbonyl (C=O) groups excluding carboxylic acids is 1. The number of hydrogen-bond acceptors (Lipinski definition) is 3. The Bertz CT molecular complexity index is 656. The molecule has 1 aromatic carbocycles. The summed E-state index contributed by atoms with van der Waals surface area (Å²) in [6.45, 7) is 3.92. The zero-order valence-electron chi connectivity index (χ0n) is 13.8. The second kappa shape index (κ2) is 6.77. The Kier molecular flexibility index (Phi) is 4.34. The van der Waals surface area contributed by atoms with Crippen molar-refractivity contribution in [1.29, 1.82) is 0 Å².